The van der Waals surface area contributed by atoms with Crippen molar-refractivity contribution >= 4 is 27.5 Å². The summed E-state index contributed by atoms with van der Waals surface area (Å²) < 4.78 is 6.03. The highest BCUT2D eigenvalue weighted by atomic mass is 79.9. The quantitative estimate of drug-likeness (QED) is 0.894. The Balaban J connectivity index is 2.18. The van der Waals surface area contributed by atoms with Crippen molar-refractivity contribution in [3.8, 4) is 5.75 Å². The summed E-state index contributed by atoms with van der Waals surface area (Å²) in [5, 5.41) is 6.32. The van der Waals surface area contributed by atoms with Crippen molar-refractivity contribution in [1.29, 1.82) is 0 Å². The van der Waals surface area contributed by atoms with Crippen LogP contribution in [0.2, 0.25) is 0 Å². The summed E-state index contributed by atoms with van der Waals surface area (Å²) in [6.07, 6.45) is 2.72. The average Bonchev–Trinajstić information content (AvgIpc) is 2.91. The smallest absolute Gasteiger partial charge is 0.244 e. The molecule has 1 unspecified atom stereocenters. The van der Waals surface area contributed by atoms with E-state index in [0.29, 0.717) is 0 Å². The predicted molar refractivity (Wildman–Crippen MR) is 79.6 cm³/mol. The van der Waals surface area contributed by atoms with Gasteiger partial charge in [-0.15, -0.1) is 0 Å². The Kier molecular flexibility index (Phi) is 4.47. The van der Waals surface area contributed by atoms with E-state index in [1.165, 1.54) is 0 Å². The van der Waals surface area contributed by atoms with Gasteiger partial charge in [-0.05, 0) is 53.9 Å². The largest absolute Gasteiger partial charge is 0.497 e. The van der Waals surface area contributed by atoms with Gasteiger partial charge in [0.1, 0.15) is 5.75 Å². The molecule has 2 N–H and O–H groups in total. The number of carbonyl (C=O) groups is 1. The summed E-state index contributed by atoms with van der Waals surface area (Å²) in [7, 11) is 1.61. The lowest BCUT2D eigenvalue weighted by Crippen LogP contribution is -2.50. The number of hydrogen-bond acceptors (Lipinski definition) is 3. The van der Waals surface area contributed by atoms with Gasteiger partial charge >= 0.3 is 0 Å². The number of halogens is 1. The third-order valence-electron chi connectivity index (χ3n) is 3.70. The Hall–Kier alpha value is -1.07. The van der Waals surface area contributed by atoms with E-state index < -0.39 is 5.54 Å². The van der Waals surface area contributed by atoms with Crippen LogP contribution < -0.4 is 15.4 Å². The molecule has 1 amide bonds. The number of hydrogen-bond donors (Lipinski definition) is 2. The van der Waals surface area contributed by atoms with E-state index in [0.717, 1.165) is 41.7 Å². The van der Waals surface area contributed by atoms with Crippen molar-refractivity contribution in [1.82, 2.24) is 5.32 Å². The number of nitrogens with one attached hydrogen (secondary N) is 2. The number of methoxy groups -OCH3 is 1. The van der Waals surface area contributed by atoms with Gasteiger partial charge in [0.05, 0.1) is 18.3 Å². The Labute approximate surface area is 122 Å². The van der Waals surface area contributed by atoms with Crippen molar-refractivity contribution in [2.24, 2.45) is 0 Å². The van der Waals surface area contributed by atoms with Crippen molar-refractivity contribution in [2.75, 3.05) is 19.0 Å². The lowest BCUT2D eigenvalue weighted by atomic mass is 9.93. The fourth-order valence-corrected chi connectivity index (χ4v) is 2.78. The second kappa shape index (κ2) is 5.92. The zero-order chi connectivity index (χ0) is 13.9. The Bertz CT molecular complexity index is 471. The molecular weight excluding hydrogens is 308 g/mol. The first-order valence-corrected chi connectivity index (χ1v) is 7.30. The number of ether oxygens (including phenoxy) is 1. The minimum absolute atomic E-state index is 0.0291. The molecule has 0 bridgehead atoms. The summed E-state index contributed by atoms with van der Waals surface area (Å²) in [6, 6.07) is 5.54. The molecule has 4 nitrogen and oxygen atoms in total. The van der Waals surface area contributed by atoms with Gasteiger partial charge in [-0.25, -0.2) is 0 Å². The Morgan fingerprint density at radius 3 is 2.95 bits per heavy atom. The second-order valence-electron chi connectivity index (χ2n) is 4.77. The Morgan fingerprint density at radius 1 is 1.58 bits per heavy atom. The van der Waals surface area contributed by atoms with E-state index in [4.69, 9.17) is 4.74 Å². The average molecular weight is 327 g/mol. The summed E-state index contributed by atoms with van der Waals surface area (Å²) in [5.41, 5.74) is 0.313. The maximum atomic E-state index is 12.5. The number of rotatable bonds is 4. The van der Waals surface area contributed by atoms with Gasteiger partial charge in [-0.1, -0.05) is 6.92 Å². The standard InChI is InChI=1S/C14H19BrN2O2/c1-3-14(7-4-8-16-14)13(18)17-12-9-10(19-2)5-6-11(12)15/h5-6,9,16H,3-4,7-8H2,1-2H3,(H,17,18). The number of amides is 1. The monoisotopic (exact) mass is 326 g/mol. The van der Waals surface area contributed by atoms with Crippen molar-refractivity contribution < 1.29 is 9.53 Å². The third kappa shape index (κ3) is 2.92. The van der Waals surface area contributed by atoms with Gasteiger partial charge in [0.15, 0.2) is 0 Å². The first kappa shape index (κ1) is 14.3. The lowest BCUT2D eigenvalue weighted by Gasteiger charge is -2.27. The molecule has 1 aliphatic rings. The number of benzene rings is 1. The summed E-state index contributed by atoms with van der Waals surface area (Å²) in [5.74, 6) is 0.755. The highest BCUT2D eigenvalue weighted by Gasteiger charge is 2.39. The van der Waals surface area contributed by atoms with Crippen molar-refractivity contribution in [3.05, 3.63) is 22.7 Å². The molecule has 1 aromatic rings. The first-order chi connectivity index (χ1) is 9.11. The van der Waals surface area contributed by atoms with E-state index in [1.807, 2.05) is 25.1 Å². The zero-order valence-electron chi connectivity index (χ0n) is 11.3. The molecule has 0 radical (unpaired) electrons. The van der Waals surface area contributed by atoms with Crippen LogP contribution >= 0.6 is 15.9 Å². The SMILES string of the molecule is CCC1(C(=O)Nc2cc(OC)ccc2Br)CCCN1. The molecule has 1 heterocycles. The van der Waals surface area contributed by atoms with Crippen LogP contribution in [0.25, 0.3) is 0 Å². The van der Waals surface area contributed by atoms with Gasteiger partial charge in [-0.2, -0.15) is 0 Å². The topological polar surface area (TPSA) is 50.4 Å². The molecule has 0 spiro atoms. The molecule has 0 aromatic heterocycles. The number of carbonyl (C=O) groups excluding carboxylic acids is 1. The normalized spacial score (nSPS) is 22.3. The fourth-order valence-electron chi connectivity index (χ4n) is 2.43. The van der Waals surface area contributed by atoms with Crippen LogP contribution in [0.15, 0.2) is 22.7 Å². The molecule has 1 fully saturated rings. The highest BCUT2D eigenvalue weighted by molar-refractivity contribution is 9.10. The van der Waals surface area contributed by atoms with Gasteiger partial charge in [-0.3, -0.25) is 4.79 Å². The van der Waals surface area contributed by atoms with E-state index in [2.05, 4.69) is 26.6 Å². The maximum Gasteiger partial charge on any atom is 0.244 e. The summed E-state index contributed by atoms with van der Waals surface area (Å²) >= 11 is 3.45. The molecule has 19 heavy (non-hydrogen) atoms. The first-order valence-electron chi connectivity index (χ1n) is 6.51. The van der Waals surface area contributed by atoms with Crippen LogP contribution in [0.4, 0.5) is 5.69 Å². The summed E-state index contributed by atoms with van der Waals surface area (Å²) in [4.78, 5) is 12.5. The second-order valence-corrected chi connectivity index (χ2v) is 5.62. The summed E-state index contributed by atoms with van der Waals surface area (Å²) in [6.45, 7) is 2.94. The highest BCUT2D eigenvalue weighted by Crippen LogP contribution is 2.30. The van der Waals surface area contributed by atoms with Gasteiger partial charge < -0.3 is 15.4 Å². The van der Waals surface area contributed by atoms with E-state index in [1.54, 1.807) is 7.11 Å². The fraction of sp³-hybridized carbons (Fsp3) is 0.500. The Morgan fingerprint density at radius 2 is 2.37 bits per heavy atom. The molecule has 1 aromatic carbocycles. The zero-order valence-corrected chi connectivity index (χ0v) is 12.8. The minimum Gasteiger partial charge on any atom is -0.497 e. The van der Waals surface area contributed by atoms with Crippen LogP contribution in [-0.4, -0.2) is 25.1 Å². The molecule has 0 aliphatic carbocycles. The van der Waals surface area contributed by atoms with Crippen LogP contribution in [0.3, 0.4) is 0 Å². The molecule has 1 saturated heterocycles. The minimum atomic E-state index is -0.428. The van der Waals surface area contributed by atoms with Crippen LogP contribution in [-0.2, 0) is 4.79 Å². The van der Waals surface area contributed by atoms with Crippen LogP contribution in [0, 0.1) is 0 Å². The van der Waals surface area contributed by atoms with Crippen LogP contribution in [0.5, 0.6) is 5.75 Å². The van der Waals surface area contributed by atoms with Gasteiger partial charge in [0.25, 0.3) is 0 Å². The van der Waals surface area contributed by atoms with Gasteiger partial charge in [0.2, 0.25) is 5.91 Å². The number of anilines is 1. The van der Waals surface area contributed by atoms with Crippen molar-refractivity contribution in [3.63, 3.8) is 0 Å². The third-order valence-corrected chi connectivity index (χ3v) is 4.40. The van der Waals surface area contributed by atoms with E-state index in [-0.39, 0.29) is 5.91 Å². The maximum absolute atomic E-state index is 12.5. The lowest BCUT2D eigenvalue weighted by molar-refractivity contribution is -0.122. The molecule has 104 valence electrons. The molecular formula is C14H19BrN2O2. The molecule has 1 aliphatic heterocycles. The molecule has 0 saturated carbocycles. The van der Waals surface area contributed by atoms with Crippen LogP contribution in [0.1, 0.15) is 26.2 Å². The van der Waals surface area contributed by atoms with Crippen molar-refractivity contribution in [2.45, 2.75) is 31.7 Å². The predicted octanol–water partition coefficient (Wildman–Crippen LogP) is 2.93. The molecule has 1 atom stereocenters. The molecule has 5 heteroatoms. The van der Waals surface area contributed by atoms with E-state index in [9.17, 15) is 4.79 Å². The van der Waals surface area contributed by atoms with E-state index >= 15 is 0 Å². The van der Waals surface area contributed by atoms with Gasteiger partial charge in [0, 0.05) is 10.5 Å². The molecule has 2 rings (SSSR count).